The summed E-state index contributed by atoms with van der Waals surface area (Å²) in [6.45, 7) is 2.24. The zero-order chi connectivity index (χ0) is 11.4. The number of aryl methyl sites for hydroxylation is 1. The van der Waals surface area contributed by atoms with Crippen molar-refractivity contribution in [1.82, 2.24) is 0 Å². The number of hydrogen-bond donors (Lipinski definition) is 1. The number of nitrogens with two attached hydrogens (primary N) is 1. The predicted molar refractivity (Wildman–Crippen MR) is 69.5 cm³/mol. The molecule has 1 aliphatic rings. The van der Waals surface area contributed by atoms with Crippen LogP contribution in [0.3, 0.4) is 0 Å². The van der Waals surface area contributed by atoms with E-state index in [9.17, 15) is 0 Å². The molecule has 0 saturated heterocycles. The topological polar surface area (TPSA) is 26.0 Å². The van der Waals surface area contributed by atoms with E-state index in [0.717, 1.165) is 0 Å². The average molecular weight is 217 g/mol. The maximum atomic E-state index is 6.29. The van der Waals surface area contributed by atoms with Gasteiger partial charge in [-0.3, -0.25) is 0 Å². The van der Waals surface area contributed by atoms with Crippen LogP contribution in [0.5, 0.6) is 0 Å². The molecule has 2 N–H and O–H groups in total. The van der Waals surface area contributed by atoms with Crippen LogP contribution in [0.4, 0.5) is 0 Å². The summed E-state index contributed by atoms with van der Waals surface area (Å²) >= 11 is 0. The molecule has 0 aromatic heterocycles. The molecule has 1 nitrogen and oxygen atoms in total. The minimum absolute atomic E-state index is 0.410. The lowest BCUT2D eigenvalue weighted by molar-refractivity contribution is 0.353. The van der Waals surface area contributed by atoms with Gasteiger partial charge in [0.1, 0.15) is 0 Å². The summed E-state index contributed by atoms with van der Waals surface area (Å²) in [5.74, 6) is 0.710. The highest BCUT2D eigenvalue weighted by Gasteiger charge is 2.22. The molecule has 0 heterocycles. The number of fused-ring (bicyclic) bond motifs is 1. The average Bonchev–Trinajstić information content (AvgIpc) is 2.35. The van der Waals surface area contributed by atoms with Crippen LogP contribution >= 0.6 is 0 Å². The maximum absolute atomic E-state index is 6.29. The van der Waals surface area contributed by atoms with E-state index in [0.29, 0.717) is 12.0 Å². The predicted octanol–water partition coefficient (Wildman–Crippen LogP) is 3.31. The van der Waals surface area contributed by atoms with Gasteiger partial charge in [-0.05, 0) is 42.7 Å². The van der Waals surface area contributed by atoms with Crippen molar-refractivity contribution in [2.75, 3.05) is 0 Å². The summed E-state index contributed by atoms with van der Waals surface area (Å²) in [6.07, 6.45) is 7.43. The molecule has 0 spiro atoms. The Balaban J connectivity index is 1.97. The van der Waals surface area contributed by atoms with Gasteiger partial charge < -0.3 is 5.73 Å². The van der Waals surface area contributed by atoms with Crippen LogP contribution in [0.1, 0.15) is 43.7 Å². The van der Waals surface area contributed by atoms with Crippen LogP contribution in [-0.2, 0) is 12.8 Å². The summed E-state index contributed by atoms with van der Waals surface area (Å²) in [5.41, 5.74) is 9.37. The Morgan fingerprint density at radius 3 is 2.81 bits per heavy atom. The first kappa shape index (κ1) is 11.7. The summed E-state index contributed by atoms with van der Waals surface area (Å²) in [5, 5.41) is 0. The molecule has 2 unspecified atom stereocenters. The molecule has 88 valence electrons. The fraction of sp³-hybridized carbons (Fsp3) is 0.600. The molecule has 2 atom stereocenters. The Morgan fingerprint density at radius 2 is 2.06 bits per heavy atom. The lowest BCUT2D eigenvalue weighted by atomic mass is 9.79. The summed E-state index contributed by atoms with van der Waals surface area (Å²) in [4.78, 5) is 0. The molecular weight excluding hydrogens is 194 g/mol. The van der Waals surface area contributed by atoms with Crippen molar-refractivity contribution in [2.45, 2.75) is 51.5 Å². The fourth-order valence-corrected chi connectivity index (χ4v) is 2.77. The van der Waals surface area contributed by atoms with Gasteiger partial charge in [-0.2, -0.15) is 0 Å². The van der Waals surface area contributed by atoms with Gasteiger partial charge in [-0.1, -0.05) is 44.0 Å². The standard InChI is InChI=1S/C15H23N/c1-2-3-8-15(16)14-10-9-12-6-4-5-7-13(12)11-14/h4-7,14-15H,2-3,8-11,16H2,1H3. The van der Waals surface area contributed by atoms with E-state index in [-0.39, 0.29) is 0 Å². The van der Waals surface area contributed by atoms with Crippen molar-refractivity contribution < 1.29 is 0 Å². The molecule has 1 aliphatic carbocycles. The monoisotopic (exact) mass is 217 g/mol. The molecule has 1 aromatic carbocycles. The SMILES string of the molecule is CCCCC(N)C1CCc2ccccc2C1. The molecule has 16 heavy (non-hydrogen) atoms. The van der Waals surface area contributed by atoms with Crippen molar-refractivity contribution in [3.8, 4) is 0 Å². The Kier molecular flexibility index (Phi) is 4.00. The van der Waals surface area contributed by atoms with Crippen molar-refractivity contribution in [3.05, 3.63) is 35.4 Å². The van der Waals surface area contributed by atoms with Gasteiger partial charge in [-0.15, -0.1) is 0 Å². The lowest BCUT2D eigenvalue weighted by Gasteiger charge is -2.29. The zero-order valence-corrected chi connectivity index (χ0v) is 10.3. The van der Waals surface area contributed by atoms with Gasteiger partial charge in [0.2, 0.25) is 0 Å². The third-order valence-electron chi connectivity index (χ3n) is 3.88. The van der Waals surface area contributed by atoms with Crippen LogP contribution in [-0.4, -0.2) is 6.04 Å². The van der Waals surface area contributed by atoms with Gasteiger partial charge in [0.15, 0.2) is 0 Å². The molecule has 1 aromatic rings. The van der Waals surface area contributed by atoms with E-state index < -0.39 is 0 Å². The Hall–Kier alpha value is -0.820. The Bertz CT molecular complexity index is 332. The molecule has 2 rings (SSSR count). The van der Waals surface area contributed by atoms with Gasteiger partial charge in [0.25, 0.3) is 0 Å². The highest BCUT2D eigenvalue weighted by Crippen LogP contribution is 2.28. The normalized spacial score (nSPS) is 21.5. The number of rotatable bonds is 4. The van der Waals surface area contributed by atoms with Crippen LogP contribution < -0.4 is 5.73 Å². The molecule has 0 radical (unpaired) electrons. The second-order valence-corrected chi connectivity index (χ2v) is 5.08. The van der Waals surface area contributed by atoms with E-state index in [1.54, 1.807) is 5.56 Å². The van der Waals surface area contributed by atoms with Crippen LogP contribution in [0.15, 0.2) is 24.3 Å². The Labute approximate surface area is 99.0 Å². The first-order valence-corrected chi connectivity index (χ1v) is 6.63. The first-order valence-electron chi connectivity index (χ1n) is 6.63. The van der Waals surface area contributed by atoms with Crippen molar-refractivity contribution >= 4 is 0 Å². The number of unbranched alkanes of at least 4 members (excludes halogenated alkanes) is 1. The first-order chi connectivity index (χ1) is 7.81. The molecule has 0 amide bonds. The summed E-state index contributed by atoms with van der Waals surface area (Å²) in [7, 11) is 0. The van der Waals surface area contributed by atoms with E-state index >= 15 is 0 Å². The zero-order valence-electron chi connectivity index (χ0n) is 10.3. The van der Waals surface area contributed by atoms with Crippen molar-refractivity contribution in [1.29, 1.82) is 0 Å². The minimum Gasteiger partial charge on any atom is -0.327 e. The largest absolute Gasteiger partial charge is 0.327 e. The van der Waals surface area contributed by atoms with Crippen molar-refractivity contribution in [2.24, 2.45) is 11.7 Å². The molecule has 0 fully saturated rings. The second-order valence-electron chi connectivity index (χ2n) is 5.08. The van der Waals surface area contributed by atoms with E-state index in [2.05, 4.69) is 31.2 Å². The van der Waals surface area contributed by atoms with E-state index in [1.165, 1.54) is 44.1 Å². The highest BCUT2D eigenvalue weighted by molar-refractivity contribution is 5.29. The van der Waals surface area contributed by atoms with E-state index in [4.69, 9.17) is 5.73 Å². The van der Waals surface area contributed by atoms with E-state index in [1.807, 2.05) is 0 Å². The summed E-state index contributed by atoms with van der Waals surface area (Å²) in [6, 6.07) is 9.25. The molecule has 0 saturated carbocycles. The third-order valence-corrected chi connectivity index (χ3v) is 3.88. The molecular formula is C15H23N. The highest BCUT2D eigenvalue weighted by atomic mass is 14.6. The Morgan fingerprint density at radius 1 is 1.31 bits per heavy atom. The van der Waals surface area contributed by atoms with Crippen LogP contribution in [0.25, 0.3) is 0 Å². The second kappa shape index (κ2) is 5.49. The lowest BCUT2D eigenvalue weighted by Crippen LogP contribution is -2.34. The van der Waals surface area contributed by atoms with Gasteiger partial charge in [0.05, 0.1) is 0 Å². The molecule has 1 heteroatoms. The van der Waals surface area contributed by atoms with Gasteiger partial charge >= 0.3 is 0 Å². The third kappa shape index (κ3) is 2.65. The van der Waals surface area contributed by atoms with Crippen molar-refractivity contribution in [3.63, 3.8) is 0 Å². The minimum atomic E-state index is 0.410. The number of benzene rings is 1. The quantitative estimate of drug-likeness (QED) is 0.822. The van der Waals surface area contributed by atoms with Gasteiger partial charge in [-0.25, -0.2) is 0 Å². The smallest absolute Gasteiger partial charge is 0.00704 e. The molecule has 0 bridgehead atoms. The fourth-order valence-electron chi connectivity index (χ4n) is 2.77. The van der Waals surface area contributed by atoms with Crippen LogP contribution in [0, 0.1) is 5.92 Å². The molecule has 0 aliphatic heterocycles. The summed E-state index contributed by atoms with van der Waals surface area (Å²) < 4.78 is 0. The van der Waals surface area contributed by atoms with Gasteiger partial charge in [0, 0.05) is 6.04 Å². The van der Waals surface area contributed by atoms with Crippen LogP contribution in [0.2, 0.25) is 0 Å². The maximum Gasteiger partial charge on any atom is 0.00704 e. The number of hydrogen-bond acceptors (Lipinski definition) is 1.